The number of nitrogens with zero attached hydrogens (tertiary/aromatic N) is 1. The first-order valence-electron chi connectivity index (χ1n) is 10.3. The average Bonchev–Trinajstić information content (AvgIpc) is 2.57. The van der Waals surface area contributed by atoms with Gasteiger partial charge in [0.25, 0.3) is 0 Å². The molecule has 1 aromatic rings. The lowest BCUT2D eigenvalue weighted by atomic mass is 10.1. The zero-order valence-corrected chi connectivity index (χ0v) is 19.9. The van der Waals surface area contributed by atoms with Gasteiger partial charge < -0.3 is 24.8 Å². The molecule has 1 rings (SSSR count). The average molecular weight is 451 g/mol. The Labute approximate surface area is 189 Å². The molecule has 0 unspecified atom stereocenters. The highest BCUT2D eigenvalue weighted by Gasteiger charge is 2.24. The molecule has 178 valence electrons. The second kappa shape index (κ2) is 11.0. The number of amides is 1. The molecule has 1 amide bonds. The number of carboxylic acids is 1. The molecule has 9 nitrogen and oxygen atoms in total. The number of aliphatic carboxylic acids is 1. The van der Waals surface area contributed by atoms with Crippen LogP contribution in [0.2, 0.25) is 0 Å². The molecule has 0 aliphatic rings. The van der Waals surface area contributed by atoms with Gasteiger partial charge in [0.1, 0.15) is 30.3 Å². The van der Waals surface area contributed by atoms with E-state index in [1.807, 2.05) is 0 Å². The predicted molar refractivity (Wildman–Crippen MR) is 119 cm³/mol. The number of ether oxygens (including phenoxy) is 2. The van der Waals surface area contributed by atoms with Crippen LogP contribution in [0.1, 0.15) is 54.0 Å². The molecule has 1 aromatic carbocycles. The van der Waals surface area contributed by atoms with Crippen LogP contribution in [-0.4, -0.2) is 59.3 Å². The summed E-state index contributed by atoms with van der Waals surface area (Å²) in [5.41, 5.74) is -0.108. The second-order valence-electron chi connectivity index (χ2n) is 9.49. The minimum atomic E-state index is -1.14. The predicted octanol–water partition coefficient (Wildman–Crippen LogP) is 2.31. The third-order valence-corrected chi connectivity index (χ3v) is 3.90. The molecule has 0 radical (unpaired) electrons. The van der Waals surface area contributed by atoms with Crippen molar-refractivity contribution in [1.82, 2.24) is 5.32 Å². The van der Waals surface area contributed by atoms with Gasteiger partial charge in [0, 0.05) is 19.0 Å². The van der Waals surface area contributed by atoms with Crippen molar-refractivity contribution in [2.24, 2.45) is 0 Å². The van der Waals surface area contributed by atoms with Gasteiger partial charge in [0.05, 0.1) is 0 Å². The fraction of sp³-hybridized carbons (Fsp3) is 0.565. The van der Waals surface area contributed by atoms with Gasteiger partial charge in [-0.25, -0.2) is 4.79 Å². The largest absolute Gasteiger partial charge is 0.480 e. The molecule has 32 heavy (non-hydrogen) atoms. The van der Waals surface area contributed by atoms with Crippen LogP contribution in [0.15, 0.2) is 24.3 Å². The first kappa shape index (κ1) is 26.9. The van der Waals surface area contributed by atoms with Crippen molar-refractivity contribution >= 4 is 29.5 Å². The van der Waals surface area contributed by atoms with Gasteiger partial charge in [-0.05, 0) is 59.2 Å². The molecule has 9 heteroatoms. The van der Waals surface area contributed by atoms with Crippen LogP contribution in [0.4, 0.5) is 5.69 Å². The number of benzene rings is 1. The van der Waals surface area contributed by atoms with E-state index >= 15 is 0 Å². The van der Waals surface area contributed by atoms with Crippen LogP contribution >= 0.6 is 0 Å². The van der Waals surface area contributed by atoms with Gasteiger partial charge in [-0.2, -0.15) is 0 Å². The van der Waals surface area contributed by atoms with Crippen LogP contribution in [0.25, 0.3) is 0 Å². The summed E-state index contributed by atoms with van der Waals surface area (Å²) < 4.78 is 10.7. The van der Waals surface area contributed by atoms with E-state index < -0.39 is 41.1 Å². The molecule has 0 aromatic heterocycles. The lowest BCUT2D eigenvalue weighted by Crippen LogP contribution is -2.41. The SMILES string of the molecule is CC(=O)N[C@@H](Cc1ccc(N(CC(=O)OC(C)(C)C)CC(=O)OC(C)(C)C)cc1)C(=O)O. The van der Waals surface area contributed by atoms with E-state index in [-0.39, 0.29) is 19.5 Å². The fourth-order valence-corrected chi connectivity index (χ4v) is 2.82. The Morgan fingerprint density at radius 2 is 1.34 bits per heavy atom. The van der Waals surface area contributed by atoms with Crippen LogP contribution in [0.5, 0.6) is 0 Å². The number of nitrogens with one attached hydrogen (secondary N) is 1. The van der Waals surface area contributed by atoms with Crippen molar-refractivity contribution in [2.45, 2.75) is 72.1 Å². The van der Waals surface area contributed by atoms with Crippen LogP contribution < -0.4 is 10.2 Å². The van der Waals surface area contributed by atoms with E-state index in [1.54, 1.807) is 65.8 Å². The zero-order valence-electron chi connectivity index (χ0n) is 19.9. The van der Waals surface area contributed by atoms with Crippen molar-refractivity contribution in [1.29, 1.82) is 0 Å². The van der Waals surface area contributed by atoms with E-state index in [4.69, 9.17) is 9.47 Å². The monoisotopic (exact) mass is 450 g/mol. The van der Waals surface area contributed by atoms with Crippen molar-refractivity contribution in [3.05, 3.63) is 29.8 Å². The van der Waals surface area contributed by atoms with Gasteiger partial charge in [-0.15, -0.1) is 0 Å². The van der Waals surface area contributed by atoms with Gasteiger partial charge in [0.2, 0.25) is 5.91 Å². The molecule has 0 saturated heterocycles. The highest BCUT2D eigenvalue weighted by atomic mass is 16.6. The fourth-order valence-electron chi connectivity index (χ4n) is 2.82. The maximum atomic E-state index is 12.4. The summed E-state index contributed by atoms with van der Waals surface area (Å²) in [4.78, 5) is 48.9. The summed E-state index contributed by atoms with van der Waals surface area (Å²) in [7, 11) is 0. The van der Waals surface area contributed by atoms with E-state index in [0.717, 1.165) is 0 Å². The summed E-state index contributed by atoms with van der Waals surface area (Å²) in [6.45, 7) is 11.5. The quantitative estimate of drug-likeness (QED) is 0.550. The second-order valence-corrected chi connectivity index (χ2v) is 9.49. The zero-order chi connectivity index (χ0) is 24.7. The molecule has 2 N–H and O–H groups in total. The summed E-state index contributed by atoms with van der Waals surface area (Å²) in [6, 6.07) is 5.67. The number of rotatable bonds is 9. The van der Waals surface area contributed by atoms with Gasteiger partial charge in [-0.1, -0.05) is 12.1 Å². The molecule has 0 saturated carbocycles. The normalized spacial score (nSPS) is 12.5. The molecule has 0 aliphatic heterocycles. The first-order chi connectivity index (χ1) is 14.6. The number of carbonyl (C=O) groups excluding carboxylic acids is 3. The van der Waals surface area contributed by atoms with Gasteiger partial charge in [-0.3, -0.25) is 14.4 Å². The lowest BCUT2D eigenvalue weighted by Gasteiger charge is -2.28. The standard InChI is InChI=1S/C23H34N2O7/c1-15(26)24-18(21(29)30)12-16-8-10-17(11-9-16)25(13-19(27)31-22(2,3)4)14-20(28)32-23(5,6)7/h8-11,18H,12-14H2,1-7H3,(H,24,26)(H,29,30)/t18-/m0/s1. The third kappa shape index (κ3) is 10.8. The Balaban J connectivity index is 3.04. The van der Waals surface area contributed by atoms with Gasteiger partial charge in [0.15, 0.2) is 0 Å². The molecule has 0 fully saturated rings. The molecule has 0 aliphatic carbocycles. The lowest BCUT2D eigenvalue weighted by molar-refractivity contribution is -0.154. The number of hydrogen-bond donors (Lipinski definition) is 2. The Morgan fingerprint density at radius 3 is 1.69 bits per heavy atom. The van der Waals surface area contributed by atoms with Crippen molar-refractivity contribution in [3.63, 3.8) is 0 Å². The maximum absolute atomic E-state index is 12.4. The van der Waals surface area contributed by atoms with E-state index in [0.29, 0.717) is 11.3 Å². The summed E-state index contributed by atoms with van der Waals surface area (Å²) in [6.07, 6.45) is 0.0906. The molecule has 0 spiro atoms. The van der Waals surface area contributed by atoms with Crippen molar-refractivity contribution in [3.8, 4) is 0 Å². The minimum Gasteiger partial charge on any atom is -0.480 e. The number of carboxylic acid groups (broad SMARTS) is 1. The highest BCUT2D eigenvalue weighted by molar-refractivity contribution is 5.83. The summed E-state index contributed by atoms with van der Waals surface area (Å²) in [5, 5.41) is 11.7. The first-order valence-corrected chi connectivity index (χ1v) is 10.3. The van der Waals surface area contributed by atoms with E-state index in [9.17, 15) is 24.3 Å². The molecular formula is C23H34N2O7. The molecular weight excluding hydrogens is 416 g/mol. The third-order valence-electron chi connectivity index (χ3n) is 3.90. The Kier molecular flexibility index (Phi) is 9.23. The Hall–Kier alpha value is -3.10. The smallest absolute Gasteiger partial charge is 0.326 e. The summed E-state index contributed by atoms with van der Waals surface area (Å²) in [5.74, 6) is -2.57. The number of hydrogen-bond acceptors (Lipinski definition) is 7. The topological polar surface area (TPSA) is 122 Å². The van der Waals surface area contributed by atoms with Crippen molar-refractivity contribution < 1.29 is 33.8 Å². The van der Waals surface area contributed by atoms with Crippen molar-refractivity contribution in [2.75, 3.05) is 18.0 Å². The van der Waals surface area contributed by atoms with Crippen LogP contribution in [0.3, 0.4) is 0 Å². The van der Waals surface area contributed by atoms with Gasteiger partial charge >= 0.3 is 17.9 Å². The maximum Gasteiger partial charge on any atom is 0.326 e. The number of anilines is 1. The summed E-state index contributed by atoms with van der Waals surface area (Å²) >= 11 is 0. The van der Waals surface area contributed by atoms with Crippen LogP contribution in [-0.2, 0) is 35.1 Å². The van der Waals surface area contributed by atoms with E-state index in [1.165, 1.54) is 11.8 Å². The molecule has 1 atom stereocenters. The number of esters is 2. The minimum absolute atomic E-state index is 0.0906. The molecule has 0 bridgehead atoms. The number of carbonyl (C=O) groups is 4. The highest BCUT2D eigenvalue weighted by Crippen LogP contribution is 2.18. The Morgan fingerprint density at radius 1 is 0.906 bits per heavy atom. The van der Waals surface area contributed by atoms with E-state index in [2.05, 4.69) is 5.32 Å². The Bertz CT molecular complexity index is 790. The molecule has 0 heterocycles. The van der Waals surface area contributed by atoms with Crippen LogP contribution in [0, 0.1) is 0 Å².